The molecule has 0 radical (unpaired) electrons. The smallest absolute Gasteiger partial charge is 0.0244 e. The number of rotatable bonds is 6. The van der Waals surface area contributed by atoms with Crippen molar-refractivity contribution in [1.82, 2.24) is 4.57 Å². The largest absolute Gasteiger partial charge is 0.354 e. The lowest BCUT2D eigenvalue weighted by atomic mass is 9.91. The molecule has 38 heavy (non-hydrogen) atoms. The molecule has 0 saturated heterocycles. The molecule has 184 valence electrons. The molecular weight excluding hydrogens is 458 g/mol. The van der Waals surface area contributed by atoms with Crippen molar-refractivity contribution in [2.45, 2.75) is 12.8 Å². The van der Waals surface area contributed by atoms with E-state index < -0.39 is 0 Å². The highest BCUT2D eigenvalue weighted by Crippen LogP contribution is 2.35. The second-order valence-electron chi connectivity index (χ2n) is 9.96. The first-order valence-corrected chi connectivity index (χ1v) is 13.2. The van der Waals surface area contributed by atoms with Gasteiger partial charge in [0.2, 0.25) is 0 Å². The lowest BCUT2D eigenvalue weighted by Crippen LogP contribution is -2.02. The molecule has 6 aromatic rings. The van der Waals surface area contributed by atoms with Crippen molar-refractivity contribution < 1.29 is 0 Å². The Bertz CT molecular complexity index is 1690. The van der Waals surface area contributed by atoms with Crippen molar-refractivity contribution >= 4 is 0 Å². The molecule has 0 amide bonds. The molecule has 0 aliphatic heterocycles. The zero-order chi connectivity index (χ0) is 25.9. The summed E-state index contributed by atoms with van der Waals surface area (Å²) in [5.41, 5.74) is 12.5. The van der Waals surface area contributed by atoms with E-state index in [1.807, 2.05) is 0 Å². The zero-order valence-electron chi connectivity index (χ0n) is 21.9. The fourth-order valence-corrected chi connectivity index (χ4v) is 5.43. The van der Waals surface area contributed by atoms with Gasteiger partial charge in [-0.25, -0.2) is 0 Å². The van der Waals surface area contributed by atoms with E-state index >= 15 is 0 Å². The van der Waals surface area contributed by atoms with Crippen LogP contribution in [0.1, 0.15) is 24.1 Å². The van der Waals surface area contributed by atoms with E-state index in [0.29, 0.717) is 5.92 Å². The summed E-state index contributed by atoms with van der Waals surface area (Å²) >= 11 is 0. The minimum Gasteiger partial charge on any atom is -0.354 e. The Balaban J connectivity index is 1.35. The molecule has 0 N–H and O–H groups in total. The minimum absolute atomic E-state index is 0.333. The summed E-state index contributed by atoms with van der Waals surface area (Å²) in [6.07, 6.45) is 2.12. The molecule has 1 heteroatoms. The van der Waals surface area contributed by atoms with Gasteiger partial charge in [-0.05, 0) is 74.3 Å². The van der Waals surface area contributed by atoms with Gasteiger partial charge in [-0.2, -0.15) is 0 Å². The van der Waals surface area contributed by atoms with Crippen molar-refractivity contribution in [3.05, 3.63) is 157 Å². The summed E-state index contributed by atoms with van der Waals surface area (Å²) in [4.78, 5) is 0. The number of nitrogens with zero attached hydrogens (tertiary/aromatic N) is 1. The fraction of sp³-hybridized carbons (Fsp3) is 0.0811. The monoisotopic (exact) mass is 489 g/mol. The number of benzene rings is 5. The van der Waals surface area contributed by atoms with E-state index in [2.05, 4.69) is 164 Å². The van der Waals surface area contributed by atoms with Crippen LogP contribution in [0.2, 0.25) is 0 Å². The summed E-state index contributed by atoms with van der Waals surface area (Å²) in [5, 5.41) is 0. The van der Waals surface area contributed by atoms with E-state index in [4.69, 9.17) is 0 Å². The maximum Gasteiger partial charge on any atom is 0.0244 e. The summed E-state index contributed by atoms with van der Waals surface area (Å²) in [7, 11) is 2.12. The molecule has 0 aliphatic carbocycles. The van der Waals surface area contributed by atoms with E-state index in [-0.39, 0.29) is 0 Å². The highest BCUT2D eigenvalue weighted by molar-refractivity contribution is 5.85. The van der Waals surface area contributed by atoms with E-state index in [1.54, 1.807) is 0 Å². The molecule has 1 heterocycles. The summed E-state index contributed by atoms with van der Waals surface area (Å²) in [5.74, 6) is 0.333. The Morgan fingerprint density at radius 3 is 1.58 bits per heavy atom. The van der Waals surface area contributed by atoms with E-state index in [1.165, 1.54) is 55.8 Å². The quantitative estimate of drug-likeness (QED) is 0.219. The molecule has 0 bridgehead atoms. The van der Waals surface area contributed by atoms with Crippen molar-refractivity contribution in [2.24, 2.45) is 7.05 Å². The highest BCUT2D eigenvalue weighted by atomic mass is 14.9. The topological polar surface area (TPSA) is 4.93 Å². The van der Waals surface area contributed by atoms with Crippen LogP contribution in [0.5, 0.6) is 0 Å². The summed E-state index contributed by atoms with van der Waals surface area (Å²) < 4.78 is 2.21. The average Bonchev–Trinajstić information content (AvgIpc) is 3.43. The van der Waals surface area contributed by atoms with Gasteiger partial charge in [0.1, 0.15) is 0 Å². The van der Waals surface area contributed by atoms with Crippen molar-refractivity contribution in [2.75, 3.05) is 0 Å². The third-order valence-electron chi connectivity index (χ3n) is 7.53. The van der Waals surface area contributed by atoms with Crippen LogP contribution in [0.25, 0.3) is 44.5 Å². The number of aromatic nitrogens is 1. The van der Waals surface area contributed by atoms with Crippen LogP contribution in [0.4, 0.5) is 0 Å². The standard InChI is InChI=1S/C37H31N/c1-27(37-22-11-23-38(37)2)29-14-8-15-30(24-29)31-16-9-17-32(25-31)33-18-10-19-34(26-33)36-21-7-6-20-35(36)28-12-4-3-5-13-28/h3-27H,1-2H3. The Morgan fingerprint density at radius 1 is 0.447 bits per heavy atom. The Kier molecular flexibility index (Phi) is 6.50. The molecule has 5 aromatic carbocycles. The highest BCUT2D eigenvalue weighted by Gasteiger charge is 2.13. The molecule has 0 aliphatic rings. The van der Waals surface area contributed by atoms with Gasteiger partial charge in [0, 0.05) is 24.9 Å². The van der Waals surface area contributed by atoms with Gasteiger partial charge in [0.15, 0.2) is 0 Å². The normalized spacial score (nSPS) is 11.8. The second-order valence-corrected chi connectivity index (χ2v) is 9.96. The third-order valence-corrected chi connectivity index (χ3v) is 7.53. The number of hydrogen-bond donors (Lipinski definition) is 0. The first-order valence-electron chi connectivity index (χ1n) is 13.2. The Hall–Kier alpha value is -4.62. The number of hydrogen-bond acceptors (Lipinski definition) is 0. The molecular formula is C37H31N. The van der Waals surface area contributed by atoms with Crippen LogP contribution in [0, 0.1) is 0 Å². The van der Waals surface area contributed by atoms with E-state index in [9.17, 15) is 0 Å². The summed E-state index contributed by atoms with van der Waals surface area (Å²) in [6.45, 7) is 2.28. The molecule has 1 nitrogen and oxygen atoms in total. The Labute approximate surface area is 225 Å². The van der Waals surface area contributed by atoms with Gasteiger partial charge in [-0.3, -0.25) is 0 Å². The molecule has 6 rings (SSSR count). The maximum atomic E-state index is 2.34. The van der Waals surface area contributed by atoms with Crippen LogP contribution < -0.4 is 0 Å². The minimum atomic E-state index is 0.333. The first kappa shape index (κ1) is 23.8. The van der Waals surface area contributed by atoms with E-state index in [0.717, 1.165) is 0 Å². The van der Waals surface area contributed by atoms with Crippen molar-refractivity contribution in [3.8, 4) is 44.5 Å². The molecule has 1 aromatic heterocycles. The average molecular weight is 490 g/mol. The van der Waals surface area contributed by atoms with Crippen molar-refractivity contribution in [1.29, 1.82) is 0 Å². The first-order chi connectivity index (χ1) is 18.7. The van der Waals surface area contributed by atoms with Gasteiger partial charge >= 0.3 is 0 Å². The molecule has 1 unspecified atom stereocenters. The summed E-state index contributed by atoms with van der Waals surface area (Å²) in [6, 6.07) is 50.4. The van der Waals surface area contributed by atoms with Gasteiger partial charge in [0.05, 0.1) is 0 Å². The van der Waals surface area contributed by atoms with Crippen LogP contribution in [0.15, 0.2) is 146 Å². The lowest BCUT2D eigenvalue weighted by Gasteiger charge is -2.15. The third kappa shape index (κ3) is 4.71. The molecule has 0 spiro atoms. The van der Waals surface area contributed by atoms with Crippen LogP contribution in [-0.2, 0) is 7.05 Å². The molecule has 1 atom stereocenters. The predicted octanol–water partition coefficient (Wildman–Crippen LogP) is 9.84. The zero-order valence-corrected chi connectivity index (χ0v) is 21.9. The fourth-order valence-electron chi connectivity index (χ4n) is 5.43. The predicted molar refractivity (Wildman–Crippen MR) is 161 cm³/mol. The van der Waals surface area contributed by atoms with Crippen LogP contribution in [0.3, 0.4) is 0 Å². The van der Waals surface area contributed by atoms with Crippen LogP contribution >= 0.6 is 0 Å². The van der Waals surface area contributed by atoms with Gasteiger partial charge in [-0.15, -0.1) is 0 Å². The SMILES string of the molecule is CC(c1cccc(-c2cccc(-c3cccc(-c4ccccc4-c4ccccc4)c3)c2)c1)c1cccn1C. The maximum absolute atomic E-state index is 2.34. The van der Waals surface area contributed by atoms with Gasteiger partial charge in [0.25, 0.3) is 0 Å². The van der Waals surface area contributed by atoms with Gasteiger partial charge < -0.3 is 4.57 Å². The second kappa shape index (κ2) is 10.4. The van der Waals surface area contributed by atoms with Gasteiger partial charge in [-0.1, -0.05) is 122 Å². The molecule has 0 saturated carbocycles. The van der Waals surface area contributed by atoms with Crippen LogP contribution in [-0.4, -0.2) is 4.57 Å². The Morgan fingerprint density at radius 2 is 0.947 bits per heavy atom. The van der Waals surface area contributed by atoms with Crippen molar-refractivity contribution in [3.63, 3.8) is 0 Å². The molecule has 0 fully saturated rings. The lowest BCUT2D eigenvalue weighted by molar-refractivity contribution is 0.770. The number of aryl methyl sites for hydroxylation is 1.